The van der Waals surface area contributed by atoms with Crippen molar-refractivity contribution in [1.82, 2.24) is 5.32 Å². The van der Waals surface area contributed by atoms with Crippen molar-refractivity contribution in [2.75, 3.05) is 14.2 Å². The van der Waals surface area contributed by atoms with Crippen molar-refractivity contribution < 1.29 is 18.8 Å². The maximum atomic E-state index is 12.9. The molecule has 0 aliphatic carbocycles. The monoisotopic (exact) mass is 316 g/mol. The van der Waals surface area contributed by atoms with Gasteiger partial charge in [0.1, 0.15) is 25.3 Å². The molecule has 0 fully saturated rings. The van der Waals surface area contributed by atoms with E-state index < -0.39 is 0 Å². The number of halogens is 1. The minimum absolute atomic E-state index is 0.160. The second kappa shape index (κ2) is 7.93. The molecular formula is C17H17FN2O3. The molecule has 2 aromatic rings. The van der Waals surface area contributed by atoms with Crippen LogP contribution in [0.1, 0.15) is 11.1 Å². The molecular weight excluding hydrogens is 299 g/mol. The van der Waals surface area contributed by atoms with Gasteiger partial charge in [-0.15, -0.1) is 0 Å². The van der Waals surface area contributed by atoms with E-state index in [0.717, 1.165) is 5.56 Å². The minimum atomic E-state index is -0.360. The summed E-state index contributed by atoms with van der Waals surface area (Å²) in [6.45, 7) is 0.210. The Labute approximate surface area is 133 Å². The molecule has 0 radical (unpaired) electrons. The van der Waals surface area contributed by atoms with Crippen LogP contribution >= 0.6 is 0 Å². The zero-order valence-electron chi connectivity index (χ0n) is 12.9. The number of rotatable bonds is 6. The molecule has 0 spiro atoms. The van der Waals surface area contributed by atoms with Crippen molar-refractivity contribution >= 4 is 11.6 Å². The van der Waals surface area contributed by atoms with Gasteiger partial charge in [-0.3, -0.25) is 4.79 Å². The van der Waals surface area contributed by atoms with Gasteiger partial charge >= 0.3 is 0 Å². The highest BCUT2D eigenvalue weighted by Gasteiger charge is 2.17. The van der Waals surface area contributed by atoms with Gasteiger partial charge in [0, 0.05) is 12.6 Å². The normalized spacial score (nSPS) is 11.0. The molecule has 1 amide bonds. The van der Waals surface area contributed by atoms with Crippen molar-refractivity contribution in [1.29, 1.82) is 0 Å². The SMILES string of the molecule is CNC(=O)/C(=N/OC)c1ccccc1COc1ccc(F)cc1. The molecule has 2 rings (SSSR count). The highest BCUT2D eigenvalue weighted by molar-refractivity contribution is 6.45. The topological polar surface area (TPSA) is 59.9 Å². The molecule has 0 heterocycles. The Morgan fingerprint density at radius 2 is 1.87 bits per heavy atom. The maximum Gasteiger partial charge on any atom is 0.273 e. The molecule has 1 N–H and O–H groups in total. The van der Waals surface area contributed by atoms with Crippen LogP contribution in [0.25, 0.3) is 0 Å². The molecule has 5 nitrogen and oxygen atoms in total. The minimum Gasteiger partial charge on any atom is -0.489 e. The van der Waals surface area contributed by atoms with E-state index in [9.17, 15) is 9.18 Å². The number of nitrogens with zero attached hydrogens (tertiary/aromatic N) is 1. The molecule has 0 saturated heterocycles. The van der Waals surface area contributed by atoms with Gasteiger partial charge in [0.25, 0.3) is 5.91 Å². The first-order valence-corrected chi connectivity index (χ1v) is 6.95. The lowest BCUT2D eigenvalue weighted by atomic mass is 10.0. The van der Waals surface area contributed by atoms with E-state index in [1.54, 1.807) is 24.3 Å². The van der Waals surface area contributed by atoms with Gasteiger partial charge in [-0.1, -0.05) is 29.4 Å². The zero-order chi connectivity index (χ0) is 16.7. The number of oxime groups is 1. The number of likely N-dealkylation sites (N-methyl/N-ethyl adjacent to an activating group) is 1. The second-order valence-corrected chi connectivity index (χ2v) is 4.60. The summed E-state index contributed by atoms with van der Waals surface area (Å²) >= 11 is 0. The lowest BCUT2D eigenvalue weighted by Gasteiger charge is -2.12. The van der Waals surface area contributed by atoms with Crippen molar-refractivity contribution in [3.63, 3.8) is 0 Å². The average molecular weight is 316 g/mol. The molecule has 0 bridgehead atoms. The van der Waals surface area contributed by atoms with Crippen molar-refractivity contribution in [3.8, 4) is 5.75 Å². The number of carbonyl (C=O) groups excluding carboxylic acids is 1. The number of hydrogen-bond acceptors (Lipinski definition) is 4. The summed E-state index contributed by atoms with van der Waals surface area (Å²) in [6.07, 6.45) is 0. The number of carbonyl (C=O) groups is 1. The fraction of sp³-hybridized carbons (Fsp3) is 0.176. The number of hydrogen-bond donors (Lipinski definition) is 1. The van der Waals surface area contributed by atoms with Gasteiger partial charge in [-0.2, -0.15) is 0 Å². The summed E-state index contributed by atoms with van der Waals surface area (Å²) in [7, 11) is 2.89. The van der Waals surface area contributed by atoms with E-state index >= 15 is 0 Å². The van der Waals surface area contributed by atoms with Crippen LogP contribution in [-0.4, -0.2) is 25.8 Å². The van der Waals surface area contributed by atoms with E-state index in [0.29, 0.717) is 11.3 Å². The van der Waals surface area contributed by atoms with Crippen LogP contribution in [0, 0.1) is 5.82 Å². The van der Waals surface area contributed by atoms with Gasteiger partial charge in [0.05, 0.1) is 0 Å². The highest BCUT2D eigenvalue weighted by Crippen LogP contribution is 2.16. The fourth-order valence-electron chi connectivity index (χ4n) is 1.99. The summed E-state index contributed by atoms with van der Waals surface area (Å²) in [5, 5.41) is 6.32. The van der Waals surface area contributed by atoms with Crippen LogP contribution in [-0.2, 0) is 16.2 Å². The Bertz CT molecular complexity index is 699. The fourth-order valence-corrected chi connectivity index (χ4v) is 1.99. The predicted octanol–water partition coefficient (Wildman–Crippen LogP) is 2.50. The highest BCUT2D eigenvalue weighted by atomic mass is 19.1. The molecule has 0 unspecified atom stereocenters. The number of ether oxygens (including phenoxy) is 1. The standard InChI is InChI=1S/C17H17FN2O3/c1-19-17(21)16(20-22-2)15-6-4-3-5-12(15)11-23-14-9-7-13(18)8-10-14/h3-10H,11H2,1-2H3,(H,19,21)/b20-16+. The molecule has 6 heteroatoms. The van der Waals surface area contributed by atoms with Crippen LogP contribution < -0.4 is 10.1 Å². The van der Waals surface area contributed by atoms with Crippen LogP contribution in [0.15, 0.2) is 53.7 Å². The molecule has 0 aromatic heterocycles. The Kier molecular flexibility index (Phi) is 5.68. The molecule has 23 heavy (non-hydrogen) atoms. The van der Waals surface area contributed by atoms with Gasteiger partial charge in [0.15, 0.2) is 5.71 Å². The first-order valence-electron chi connectivity index (χ1n) is 6.95. The second-order valence-electron chi connectivity index (χ2n) is 4.60. The molecule has 0 saturated carbocycles. The predicted molar refractivity (Wildman–Crippen MR) is 84.8 cm³/mol. The van der Waals surface area contributed by atoms with Crippen LogP contribution in [0.5, 0.6) is 5.75 Å². The molecule has 0 aliphatic heterocycles. The smallest absolute Gasteiger partial charge is 0.273 e. The summed E-state index contributed by atoms with van der Waals surface area (Å²) in [5.74, 6) is -0.153. The molecule has 120 valence electrons. The lowest BCUT2D eigenvalue weighted by molar-refractivity contribution is -0.114. The number of nitrogens with one attached hydrogen (secondary N) is 1. The number of amides is 1. The lowest BCUT2D eigenvalue weighted by Crippen LogP contribution is -2.29. The van der Waals surface area contributed by atoms with Crippen molar-refractivity contribution in [2.24, 2.45) is 5.16 Å². The third-order valence-electron chi connectivity index (χ3n) is 3.11. The third-order valence-corrected chi connectivity index (χ3v) is 3.11. The van der Waals surface area contributed by atoms with Crippen molar-refractivity contribution in [3.05, 3.63) is 65.5 Å². The van der Waals surface area contributed by atoms with E-state index in [1.807, 2.05) is 12.1 Å². The summed E-state index contributed by atoms with van der Waals surface area (Å²) in [6, 6.07) is 12.9. The van der Waals surface area contributed by atoms with Crippen molar-refractivity contribution in [2.45, 2.75) is 6.61 Å². The summed E-state index contributed by atoms with van der Waals surface area (Å²) in [4.78, 5) is 16.7. The Morgan fingerprint density at radius 1 is 1.17 bits per heavy atom. The largest absolute Gasteiger partial charge is 0.489 e. The van der Waals surface area contributed by atoms with E-state index in [4.69, 9.17) is 9.57 Å². The Morgan fingerprint density at radius 3 is 2.52 bits per heavy atom. The van der Waals surface area contributed by atoms with Crippen LogP contribution in [0.3, 0.4) is 0 Å². The van der Waals surface area contributed by atoms with E-state index in [1.165, 1.54) is 26.3 Å². The first kappa shape index (κ1) is 16.5. The van der Waals surface area contributed by atoms with Gasteiger partial charge in [-0.25, -0.2) is 4.39 Å². The quantitative estimate of drug-likeness (QED) is 0.658. The van der Waals surface area contributed by atoms with Gasteiger partial charge in [-0.05, 0) is 29.8 Å². The van der Waals surface area contributed by atoms with E-state index in [2.05, 4.69) is 10.5 Å². The maximum absolute atomic E-state index is 12.9. The molecule has 2 aromatic carbocycles. The Balaban J connectivity index is 2.24. The average Bonchev–Trinajstić information content (AvgIpc) is 2.59. The summed E-state index contributed by atoms with van der Waals surface area (Å²) < 4.78 is 18.5. The van der Waals surface area contributed by atoms with Gasteiger partial charge < -0.3 is 14.9 Å². The third kappa shape index (κ3) is 4.29. The Hall–Kier alpha value is -2.89. The summed E-state index contributed by atoms with van der Waals surface area (Å²) in [5.41, 5.74) is 1.53. The molecule has 0 aliphatic rings. The number of benzene rings is 2. The zero-order valence-corrected chi connectivity index (χ0v) is 12.9. The molecule has 0 atom stereocenters. The first-order chi connectivity index (χ1) is 11.2. The van der Waals surface area contributed by atoms with Gasteiger partial charge in [0.2, 0.25) is 0 Å². The van der Waals surface area contributed by atoms with Crippen LogP contribution in [0.4, 0.5) is 4.39 Å². The van der Waals surface area contributed by atoms with Crippen LogP contribution in [0.2, 0.25) is 0 Å². The van der Waals surface area contributed by atoms with E-state index in [-0.39, 0.29) is 24.0 Å².